The maximum absolute atomic E-state index is 13.2. The Kier molecular flexibility index (Phi) is 5.79. The molecule has 0 radical (unpaired) electrons. The molecule has 1 aromatic heterocycles. The highest BCUT2D eigenvalue weighted by Crippen LogP contribution is 2.23. The SMILES string of the molecule is CS(=O)(=O)Oc1ccccc1CN(Cc1ccc(F)cc1)C(=O)c1ccco1. The number of rotatable bonds is 7. The van der Waals surface area contributed by atoms with Crippen LogP contribution in [0.1, 0.15) is 21.7 Å². The number of hydrogen-bond acceptors (Lipinski definition) is 5. The van der Waals surface area contributed by atoms with Gasteiger partial charge in [-0.05, 0) is 35.9 Å². The van der Waals surface area contributed by atoms with Crippen LogP contribution >= 0.6 is 0 Å². The first kappa shape index (κ1) is 19.6. The van der Waals surface area contributed by atoms with Crippen molar-refractivity contribution in [3.05, 3.63) is 89.6 Å². The van der Waals surface area contributed by atoms with Gasteiger partial charge in [0.2, 0.25) is 0 Å². The van der Waals surface area contributed by atoms with Crippen LogP contribution in [0.3, 0.4) is 0 Å². The van der Waals surface area contributed by atoms with Crippen LogP contribution < -0.4 is 4.18 Å². The van der Waals surface area contributed by atoms with Gasteiger partial charge < -0.3 is 13.5 Å². The van der Waals surface area contributed by atoms with Gasteiger partial charge in [-0.1, -0.05) is 30.3 Å². The maximum Gasteiger partial charge on any atom is 0.306 e. The van der Waals surface area contributed by atoms with Crippen LogP contribution in [0, 0.1) is 5.82 Å². The number of benzene rings is 2. The Bertz CT molecular complexity index is 1050. The fourth-order valence-electron chi connectivity index (χ4n) is 2.65. The molecule has 0 N–H and O–H groups in total. The second kappa shape index (κ2) is 8.26. The van der Waals surface area contributed by atoms with E-state index in [4.69, 9.17) is 8.60 Å². The predicted molar refractivity (Wildman–Crippen MR) is 101 cm³/mol. The Hall–Kier alpha value is -3.13. The van der Waals surface area contributed by atoms with E-state index in [1.165, 1.54) is 29.4 Å². The van der Waals surface area contributed by atoms with Crippen molar-refractivity contribution in [2.45, 2.75) is 13.1 Å². The molecule has 0 bridgehead atoms. The molecule has 28 heavy (non-hydrogen) atoms. The van der Waals surface area contributed by atoms with Crippen molar-refractivity contribution < 1.29 is 26.2 Å². The normalized spacial score (nSPS) is 11.2. The summed E-state index contributed by atoms with van der Waals surface area (Å²) in [6.07, 6.45) is 2.35. The third-order valence-corrected chi connectivity index (χ3v) is 4.36. The number of carbonyl (C=O) groups excluding carboxylic acids is 1. The van der Waals surface area contributed by atoms with Gasteiger partial charge >= 0.3 is 10.1 Å². The molecule has 146 valence electrons. The smallest absolute Gasteiger partial charge is 0.306 e. The van der Waals surface area contributed by atoms with Crippen molar-refractivity contribution in [1.29, 1.82) is 0 Å². The summed E-state index contributed by atoms with van der Waals surface area (Å²) in [6.45, 7) is 0.246. The summed E-state index contributed by atoms with van der Waals surface area (Å²) in [7, 11) is -3.73. The lowest BCUT2D eigenvalue weighted by atomic mass is 10.1. The van der Waals surface area contributed by atoms with Gasteiger partial charge in [0.15, 0.2) is 5.76 Å². The summed E-state index contributed by atoms with van der Waals surface area (Å²) in [4.78, 5) is 14.3. The fraction of sp³-hybridized carbons (Fsp3) is 0.150. The van der Waals surface area contributed by atoms with Crippen LogP contribution in [0.25, 0.3) is 0 Å². The number of furan rings is 1. The Morgan fingerprint density at radius 2 is 1.75 bits per heavy atom. The minimum absolute atomic E-state index is 0.0720. The summed E-state index contributed by atoms with van der Waals surface area (Å²) in [5.74, 6) is -0.479. The molecular formula is C20H18FNO5S. The summed E-state index contributed by atoms with van der Waals surface area (Å²) in [5.41, 5.74) is 1.22. The molecule has 0 saturated carbocycles. The molecule has 0 spiro atoms. The maximum atomic E-state index is 13.2. The highest BCUT2D eigenvalue weighted by molar-refractivity contribution is 7.86. The molecule has 0 unspecified atom stereocenters. The lowest BCUT2D eigenvalue weighted by Gasteiger charge is -2.23. The number of hydrogen-bond donors (Lipinski definition) is 0. The van der Waals surface area contributed by atoms with Crippen LogP contribution in [0.15, 0.2) is 71.3 Å². The molecule has 0 aliphatic heterocycles. The summed E-state index contributed by atoms with van der Waals surface area (Å²) < 4.78 is 46.5. The number of nitrogens with zero attached hydrogens (tertiary/aromatic N) is 1. The average Bonchev–Trinajstić information content (AvgIpc) is 3.17. The quantitative estimate of drug-likeness (QED) is 0.564. The topological polar surface area (TPSA) is 76.8 Å². The van der Waals surface area contributed by atoms with Crippen molar-refractivity contribution in [3.8, 4) is 5.75 Å². The highest BCUT2D eigenvalue weighted by atomic mass is 32.2. The number of carbonyl (C=O) groups is 1. The zero-order chi connectivity index (χ0) is 20.1. The molecule has 3 rings (SSSR count). The first-order valence-corrected chi connectivity index (χ1v) is 10.2. The van der Waals surface area contributed by atoms with Crippen LogP contribution in [-0.4, -0.2) is 25.5 Å². The third-order valence-electron chi connectivity index (χ3n) is 3.88. The van der Waals surface area contributed by atoms with E-state index in [2.05, 4.69) is 0 Å². The van der Waals surface area contributed by atoms with E-state index in [1.807, 2.05) is 0 Å². The van der Waals surface area contributed by atoms with E-state index < -0.39 is 10.1 Å². The van der Waals surface area contributed by atoms with Gasteiger partial charge in [0.25, 0.3) is 5.91 Å². The van der Waals surface area contributed by atoms with Crippen molar-refractivity contribution in [2.75, 3.05) is 6.26 Å². The summed E-state index contributed by atoms with van der Waals surface area (Å²) in [6, 6.07) is 15.5. The Labute approximate surface area is 162 Å². The molecule has 0 aliphatic rings. The van der Waals surface area contributed by atoms with E-state index in [0.717, 1.165) is 6.26 Å². The first-order valence-electron chi connectivity index (χ1n) is 8.36. The van der Waals surface area contributed by atoms with E-state index >= 15 is 0 Å². The minimum atomic E-state index is -3.73. The second-order valence-corrected chi connectivity index (χ2v) is 7.74. The van der Waals surface area contributed by atoms with Gasteiger partial charge in [0.05, 0.1) is 19.1 Å². The van der Waals surface area contributed by atoms with Crippen molar-refractivity contribution in [1.82, 2.24) is 4.90 Å². The zero-order valence-electron chi connectivity index (χ0n) is 15.0. The van der Waals surface area contributed by atoms with E-state index in [0.29, 0.717) is 11.1 Å². The largest absolute Gasteiger partial charge is 0.459 e. The molecule has 1 amide bonds. The van der Waals surface area contributed by atoms with Gasteiger partial charge in [-0.3, -0.25) is 4.79 Å². The van der Waals surface area contributed by atoms with Crippen molar-refractivity contribution >= 4 is 16.0 Å². The molecular weight excluding hydrogens is 385 g/mol. The molecule has 3 aromatic rings. The molecule has 0 atom stereocenters. The van der Waals surface area contributed by atoms with Crippen LogP contribution in [0.4, 0.5) is 4.39 Å². The van der Waals surface area contributed by atoms with Crippen LogP contribution in [0.5, 0.6) is 5.75 Å². The fourth-order valence-corrected chi connectivity index (χ4v) is 3.14. The van der Waals surface area contributed by atoms with Gasteiger partial charge in [0.1, 0.15) is 11.6 Å². The monoisotopic (exact) mass is 403 g/mol. The van der Waals surface area contributed by atoms with Crippen LogP contribution in [0.2, 0.25) is 0 Å². The van der Waals surface area contributed by atoms with Gasteiger partial charge in [-0.15, -0.1) is 0 Å². The molecule has 0 saturated heterocycles. The van der Waals surface area contributed by atoms with Crippen molar-refractivity contribution in [2.24, 2.45) is 0 Å². The summed E-state index contributed by atoms with van der Waals surface area (Å²) in [5, 5.41) is 0. The first-order chi connectivity index (χ1) is 13.3. The lowest BCUT2D eigenvalue weighted by molar-refractivity contribution is 0.0697. The standard InChI is InChI=1S/C20H18FNO5S/c1-28(24,25)27-18-6-3-2-5-16(18)14-22(20(23)19-7-4-12-26-19)13-15-8-10-17(21)11-9-15/h2-12H,13-14H2,1H3. The van der Waals surface area contributed by atoms with Gasteiger partial charge in [-0.2, -0.15) is 8.42 Å². The predicted octanol–water partition coefficient (Wildman–Crippen LogP) is 3.60. The molecule has 0 fully saturated rings. The van der Waals surface area contributed by atoms with Crippen molar-refractivity contribution in [3.63, 3.8) is 0 Å². The Balaban J connectivity index is 1.91. The minimum Gasteiger partial charge on any atom is -0.459 e. The number of para-hydroxylation sites is 1. The lowest BCUT2D eigenvalue weighted by Crippen LogP contribution is -2.30. The Morgan fingerprint density at radius 3 is 2.39 bits per heavy atom. The molecule has 6 nitrogen and oxygen atoms in total. The summed E-state index contributed by atoms with van der Waals surface area (Å²) >= 11 is 0. The number of amides is 1. The van der Waals surface area contributed by atoms with E-state index in [1.54, 1.807) is 42.5 Å². The third kappa shape index (κ3) is 5.20. The molecule has 2 aromatic carbocycles. The second-order valence-electron chi connectivity index (χ2n) is 6.16. The van der Waals surface area contributed by atoms with Crippen LogP contribution in [-0.2, 0) is 23.2 Å². The average molecular weight is 403 g/mol. The highest BCUT2D eigenvalue weighted by Gasteiger charge is 2.21. The Morgan fingerprint density at radius 1 is 1.04 bits per heavy atom. The molecule has 8 heteroatoms. The van der Waals surface area contributed by atoms with Gasteiger partial charge in [-0.25, -0.2) is 4.39 Å². The zero-order valence-corrected chi connectivity index (χ0v) is 15.9. The van der Waals surface area contributed by atoms with E-state index in [9.17, 15) is 17.6 Å². The molecule has 0 aliphatic carbocycles. The number of halogens is 1. The van der Waals surface area contributed by atoms with Gasteiger partial charge in [0, 0.05) is 12.1 Å². The molecule has 1 heterocycles. The van der Waals surface area contributed by atoms with E-state index in [-0.39, 0.29) is 36.3 Å².